The first kappa shape index (κ1) is 16.6. The molecule has 2 aromatic rings. The van der Waals surface area contributed by atoms with E-state index in [9.17, 15) is 9.59 Å². The molecule has 1 aromatic heterocycles. The minimum absolute atomic E-state index is 0.0322. The van der Waals surface area contributed by atoms with Gasteiger partial charge in [0.25, 0.3) is 5.91 Å². The molecule has 0 saturated carbocycles. The van der Waals surface area contributed by atoms with Gasteiger partial charge in [0, 0.05) is 20.1 Å². The SMILES string of the molecule is CCN(CC)C(=O)CN(C)C(=O)c1ccccc1-n1cnnn1. The normalized spacial score (nSPS) is 10.4. The molecule has 1 heterocycles. The Morgan fingerprint density at radius 3 is 2.48 bits per heavy atom. The molecule has 8 nitrogen and oxygen atoms in total. The molecule has 23 heavy (non-hydrogen) atoms. The van der Waals surface area contributed by atoms with Gasteiger partial charge in [0.2, 0.25) is 5.91 Å². The lowest BCUT2D eigenvalue weighted by molar-refractivity contribution is -0.131. The highest BCUT2D eigenvalue weighted by Gasteiger charge is 2.20. The number of nitrogens with zero attached hydrogens (tertiary/aromatic N) is 6. The van der Waals surface area contributed by atoms with Gasteiger partial charge in [-0.15, -0.1) is 5.10 Å². The Kier molecular flexibility index (Phi) is 5.40. The fourth-order valence-corrected chi connectivity index (χ4v) is 2.28. The first-order valence-electron chi connectivity index (χ1n) is 7.44. The summed E-state index contributed by atoms with van der Waals surface area (Å²) in [5.41, 5.74) is 1.01. The van der Waals surface area contributed by atoms with Gasteiger partial charge in [-0.1, -0.05) is 12.1 Å². The first-order valence-corrected chi connectivity index (χ1v) is 7.44. The van der Waals surface area contributed by atoms with E-state index < -0.39 is 0 Å². The van der Waals surface area contributed by atoms with Crippen molar-refractivity contribution in [1.29, 1.82) is 0 Å². The number of para-hydroxylation sites is 1. The number of amides is 2. The van der Waals surface area contributed by atoms with Gasteiger partial charge >= 0.3 is 0 Å². The lowest BCUT2D eigenvalue weighted by atomic mass is 10.1. The van der Waals surface area contributed by atoms with Crippen LogP contribution in [-0.4, -0.2) is 68.5 Å². The Hall–Kier alpha value is -2.77. The average Bonchev–Trinajstić information content (AvgIpc) is 3.09. The third-order valence-electron chi connectivity index (χ3n) is 3.57. The first-order chi connectivity index (χ1) is 11.1. The molecule has 122 valence electrons. The lowest BCUT2D eigenvalue weighted by Crippen LogP contribution is -2.41. The highest BCUT2D eigenvalue weighted by Crippen LogP contribution is 2.14. The molecule has 0 spiro atoms. The van der Waals surface area contributed by atoms with E-state index in [2.05, 4.69) is 15.5 Å². The summed E-state index contributed by atoms with van der Waals surface area (Å²) in [7, 11) is 1.61. The number of hydrogen-bond donors (Lipinski definition) is 0. The number of hydrogen-bond acceptors (Lipinski definition) is 5. The van der Waals surface area contributed by atoms with E-state index in [0.29, 0.717) is 24.3 Å². The summed E-state index contributed by atoms with van der Waals surface area (Å²) < 4.78 is 1.42. The van der Waals surface area contributed by atoms with Crippen molar-refractivity contribution in [3.63, 3.8) is 0 Å². The lowest BCUT2D eigenvalue weighted by Gasteiger charge is -2.23. The predicted octanol–water partition coefficient (Wildman–Crippen LogP) is 0.603. The maximum atomic E-state index is 12.7. The fraction of sp³-hybridized carbons (Fsp3) is 0.400. The second-order valence-electron chi connectivity index (χ2n) is 5.00. The summed E-state index contributed by atoms with van der Waals surface area (Å²) in [6.07, 6.45) is 1.42. The van der Waals surface area contributed by atoms with Crippen LogP contribution in [0.4, 0.5) is 0 Å². The van der Waals surface area contributed by atoms with E-state index in [4.69, 9.17) is 0 Å². The monoisotopic (exact) mass is 316 g/mol. The summed E-state index contributed by atoms with van der Waals surface area (Å²) in [5, 5.41) is 11.0. The molecule has 0 atom stereocenters. The molecule has 0 fully saturated rings. The molecule has 0 aliphatic rings. The second-order valence-corrected chi connectivity index (χ2v) is 5.00. The Balaban J connectivity index is 2.19. The van der Waals surface area contributed by atoms with Crippen molar-refractivity contribution in [1.82, 2.24) is 30.0 Å². The molecule has 2 amide bonds. The van der Waals surface area contributed by atoms with Gasteiger partial charge < -0.3 is 9.80 Å². The van der Waals surface area contributed by atoms with Crippen LogP contribution in [0.15, 0.2) is 30.6 Å². The summed E-state index contributed by atoms with van der Waals surface area (Å²) in [6, 6.07) is 7.01. The van der Waals surface area contributed by atoms with E-state index in [-0.39, 0.29) is 18.4 Å². The Bertz CT molecular complexity index is 666. The van der Waals surface area contributed by atoms with Crippen LogP contribution in [0.25, 0.3) is 5.69 Å². The van der Waals surface area contributed by atoms with Gasteiger partial charge in [-0.2, -0.15) is 4.68 Å². The van der Waals surface area contributed by atoms with Gasteiger partial charge in [-0.25, -0.2) is 0 Å². The molecule has 0 aliphatic carbocycles. The van der Waals surface area contributed by atoms with E-state index in [1.807, 2.05) is 13.8 Å². The van der Waals surface area contributed by atoms with E-state index in [0.717, 1.165) is 0 Å². The van der Waals surface area contributed by atoms with Crippen LogP contribution < -0.4 is 0 Å². The molecule has 0 saturated heterocycles. The van der Waals surface area contributed by atoms with Crippen LogP contribution in [0, 0.1) is 0 Å². The van der Waals surface area contributed by atoms with Crippen LogP contribution >= 0.6 is 0 Å². The van der Waals surface area contributed by atoms with Crippen molar-refractivity contribution < 1.29 is 9.59 Å². The van der Waals surface area contributed by atoms with Gasteiger partial charge in [0.1, 0.15) is 6.33 Å². The van der Waals surface area contributed by atoms with Gasteiger partial charge in [-0.05, 0) is 36.4 Å². The molecule has 8 heteroatoms. The third-order valence-corrected chi connectivity index (χ3v) is 3.57. The highest BCUT2D eigenvalue weighted by molar-refractivity contribution is 5.99. The van der Waals surface area contributed by atoms with E-state index in [1.54, 1.807) is 36.2 Å². The number of tetrazole rings is 1. The summed E-state index contributed by atoms with van der Waals surface area (Å²) in [5.74, 6) is -0.331. The Morgan fingerprint density at radius 1 is 1.17 bits per heavy atom. The Morgan fingerprint density at radius 2 is 1.87 bits per heavy atom. The fourth-order valence-electron chi connectivity index (χ4n) is 2.28. The summed E-state index contributed by atoms with van der Waals surface area (Å²) in [6.45, 7) is 5.11. The van der Waals surface area contributed by atoms with Crippen molar-refractivity contribution in [2.45, 2.75) is 13.8 Å². The average molecular weight is 316 g/mol. The molecule has 0 unspecified atom stereocenters. The maximum absolute atomic E-state index is 12.7. The van der Waals surface area contributed by atoms with E-state index in [1.165, 1.54) is 15.9 Å². The number of carbonyl (C=O) groups excluding carboxylic acids is 2. The van der Waals surface area contributed by atoms with Crippen LogP contribution in [0.3, 0.4) is 0 Å². The molecular formula is C15H20N6O2. The van der Waals surface area contributed by atoms with Crippen molar-refractivity contribution in [3.05, 3.63) is 36.2 Å². The highest BCUT2D eigenvalue weighted by atomic mass is 16.2. The summed E-state index contributed by atoms with van der Waals surface area (Å²) in [4.78, 5) is 27.9. The van der Waals surface area contributed by atoms with Crippen LogP contribution in [0.1, 0.15) is 24.2 Å². The van der Waals surface area contributed by atoms with E-state index >= 15 is 0 Å². The largest absolute Gasteiger partial charge is 0.342 e. The number of aromatic nitrogens is 4. The van der Waals surface area contributed by atoms with Crippen molar-refractivity contribution in [3.8, 4) is 5.69 Å². The predicted molar refractivity (Wildman–Crippen MR) is 84.0 cm³/mol. The zero-order valence-corrected chi connectivity index (χ0v) is 13.5. The smallest absolute Gasteiger partial charge is 0.256 e. The quantitative estimate of drug-likeness (QED) is 0.779. The number of rotatable bonds is 6. The molecule has 0 aliphatic heterocycles. The van der Waals surface area contributed by atoms with Crippen molar-refractivity contribution in [2.75, 3.05) is 26.7 Å². The molecule has 0 bridgehead atoms. The molecular weight excluding hydrogens is 296 g/mol. The van der Waals surface area contributed by atoms with Crippen LogP contribution in [0.5, 0.6) is 0 Å². The zero-order valence-electron chi connectivity index (χ0n) is 13.5. The molecule has 0 N–H and O–H groups in total. The number of likely N-dealkylation sites (N-methyl/N-ethyl adjacent to an activating group) is 2. The van der Waals surface area contributed by atoms with Crippen LogP contribution in [-0.2, 0) is 4.79 Å². The van der Waals surface area contributed by atoms with Crippen LogP contribution in [0.2, 0.25) is 0 Å². The number of carbonyl (C=O) groups is 2. The van der Waals surface area contributed by atoms with Crippen molar-refractivity contribution >= 4 is 11.8 Å². The standard InChI is InChI=1S/C15H20N6O2/c1-4-20(5-2)14(22)10-19(3)15(23)12-8-6-7-9-13(12)21-11-16-17-18-21/h6-9,11H,4-5,10H2,1-3H3. The summed E-state index contributed by atoms with van der Waals surface area (Å²) >= 11 is 0. The number of benzene rings is 1. The minimum Gasteiger partial charge on any atom is -0.342 e. The van der Waals surface area contributed by atoms with Gasteiger partial charge in [0.15, 0.2) is 0 Å². The third kappa shape index (κ3) is 3.71. The maximum Gasteiger partial charge on any atom is 0.256 e. The van der Waals surface area contributed by atoms with Gasteiger partial charge in [-0.3, -0.25) is 9.59 Å². The topological polar surface area (TPSA) is 84.2 Å². The molecule has 1 aromatic carbocycles. The zero-order chi connectivity index (χ0) is 16.8. The molecule has 2 rings (SSSR count). The van der Waals surface area contributed by atoms with Crippen molar-refractivity contribution in [2.24, 2.45) is 0 Å². The second kappa shape index (κ2) is 7.48. The Labute approximate surface area is 134 Å². The minimum atomic E-state index is -0.253. The van der Waals surface area contributed by atoms with Gasteiger partial charge in [0.05, 0.1) is 17.8 Å². The molecule has 0 radical (unpaired) electrons.